The Morgan fingerprint density at radius 2 is 2.30 bits per heavy atom. The predicted octanol–water partition coefficient (Wildman–Crippen LogP) is 2.85. The minimum Gasteiger partial charge on any atom is -0.396 e. The van der Waals surface area contributed by atoms with Crippen LogP contribution in [-0.2, 0) is 11.3 Å². The Hall–Kier alpha value is -1.76. The first-order valence-corrected chi connectivity index (χ1v) is 8.24. The lowest BCUT2D eigenvalue weighted by atomic mass is 10.1. The van der Waals surface area contributed by atoms with E-state index < -0.39 is 0 Å². The molecule has 0 saturated carbocycles. The molecule has 1 aromatic carbocycles. The van der Waals surface area contributed by atoms with Gasteiger partial charge in [0, 0.05) is 41.3 Å². The normalized spacial score (nSPS) is 20.3. The van der Waals surface area contributed by atoms with Crippen LogP contribution in [0.1, 0.15) is 21.7 Å². The van der Waals surface area contributed by atoms with E-state index in [1.807, 2.05) is 12.2 Å². The van der Waals surface area contributed by atoms with Crippen molar-refractivity contribution < 1.29 is 19.0 Å². The number of halogens is 1. The van der Waals surface area contributed by atoms with Gasteiger partial charge in [0.15, 0.2) is 0 Å². The number of hydrogen-bond acceptors (Lipinski definition) is 4. The van der Waals surface area contributed by atoms with Gasteiger partial charge >= 0.3 is 0 Å². The number of nitrogens with one attached hydrogen (secondary N) is 1. The minimum absolute atomic E-state index is 0.0753. The third-order valence-electron chi connectivity index (χ3n) is 3.98. The zero-order valence-corrected chi connectivity index (χ0v) is 13.5. The predicted molar refractivity (Wildman–Crippen MR) is 88.1 cm³/mol. The quantitative estimate of drug-likeness (QED) is 0.826. The minimum atomic E-state index is -0.342. The highest BCUT2D eigenvalue weighted by Gasteiger charge is 2.24. The van der Waals surface area contributed by atoms with Crippen LogP contribution in [0.5, 0.6) is 0 Å². The molecule has 1 aliphatic rings. The topological polar surface area (TPSA) is 58.6 Å². The molecule has 0 unspecified atom stereocenters. The molecule has 0 fully saturated rings. The molecule has 1 aromatic heterocycles. The summed E-state index contributed by atoms with van der Waals surface area (Å²) in [4.78, 5) is 13.1. The van der Waals surface area contributed by atoms with Gasteiger partial charge < -0.3 is 15.2 Å². The van der Waals surface area contributed by atoms with E-state index in [0.29, 0.717) is 22.2 Å². The Bertz CT molecular complexity index is 756. The summed E-state index contributed by atoms with van der Waals surface area (Å²) >= 11 is 1.27. The van der Waals surface area contributed by atoms with Crippen LogP contribution in [0.3, 0.4) is 0 Å². The molecule has 1 aliphatic carbocycles. The number of carbonyl (C=O) groups excluding carboxylic acids is 1. The van der Waals surface area contributed by atoms with Gasteiger partial charge in [-0.05, 0) is 18.6 Å². The summed E-state index contributed by atoms with van der Waals surface area (Å²) < 4.78 is 20.0. The van der Waals surface area contributed by atoms with Gasteiger partial charge in [0.2, 0.25) is 0 Å². The van der Waals surface area contributed by atoms with E-state index in [9.17, 15) is 9.18 Å². The number of fused-ring (bicyclic) bond motifs is 1. The zero-order chi connectivity index (χ0) is 16.4. The van der Waals surface area contributed by atoms with Crippen LogP contribution in [0, 0.1) is 11.7 Å². The maximum absolute atomic E-state index is 14.1. The summed E-state index contributed by atoms with van der Waals surface area (Å²) in [6, 6.07) is 4.72. The first kappa shape index (κ1) is 16.1. The molecule has 6 heteroatoms. The molecule has 1 heterocycles. The largest absolute Gasteiger partial charge is 0.396 e. The van der Waals surface area contributed by atoms with Crippen LogP contribution in [0.2, 0.25) is 0 Å². The monoisotopic (exact) mass is 335 g/mol. The van der Waals surface area contributed by atoms with Gasteiger partial charge in [-0.25, -0.2) is 4.39 Å². The van der Waals surface area contributed by atoms with Crippen LogP contribution in [0.15, 0.2) is 30.4 Å². The van der Waals surface area contributed by atoms with Crippen molar-refractivity contribution in [2.24, 2.45) is 5.92 Å². The molecule has 3 rings (SSSR count). The Balaban J connectivity index is 1.89. The van der Waals surface area contributed by atoms with Crippen molar-refractivity contribution in [3.8, 4) is 0 Å². The Morgan fingerprint density at radius 1 is 1.48 bits per heavy atom. The number of aliphatic hydroxyl groups excluding tert-OH is 1. The van der Waals surface area contributed by atoms with Gasteiger partial charge in [0.1, 0.15) is 5.82 Å². The number of benzene rings is 1. The van der Waals surface area contributed by atoms with Crippen molar-refractivity contribution in [3.05, 3.63) is 46.6 Å². The molecule has 2 N–H and O–H groups in total. The third-order valence-corrected chi connectivity index (χ3v) is 5.18. The van der Waals surface area contributed by atoms with Gasteiger partial charge in [-0.15, -0.1) is 11.3 Å². The maximum atomic E-state index is 14.1. The molecular formula is C17H18FNO3S. The number of thiophene rings is 1. The summed E-state index contributed by atoms with van der Waals surface area (Å²) in [7, 11) is 1.53. The molecule has 0 bridgehead atoms. The van der Waals surface area contributed by atoms with E-state index in [2.05, 4.69) is 5.32 Å². The standard InChI is InChI=1S/C17H18FNO3S/c1-22-9-12-15-13(18)3-2-4-14(15)23-16(12)17(21)19-11-6-5-10(7-11)8-20/h2-6,10-11,20H,7-9H2,1H3,(H,19,21)/t10-,11+/m0/s1. The van der Waals surface area contributed by atoms with Crippen molar-refractivity contribution in [2.45, 2.75) is 19.1 Å². The van der Waals surface area contributed by atoms with Gasteiger partial charge in [-0.3, -0.25) is 4.79 Å². The summed E-state index contributed by atoms with van der Waals surface area (Å²) in [6.45, 7) is 0.259. The van der Waals surface area contributed by atoms with Gasteiger partial charge in [-0.2, -0.15) is 0 Å². The molecule has 0 saturated heterocycles. The van der Waals surface area contributed by atoms with Crippen LogP contribution < -0.4 is 5.32 Å². The first-order valence-electron chi connectivity index (χ1n) is 7.43. The molecule has 0 aliphatic heterocycles. The lowest BCUT2D eigenvalue weighted by Crippen LogP contribution is -2.33. The lowest BCUT2D eigenvalue weighted by molar-refractivity contribution is 0.0941. The van der Waals surface area contributed by atoms with Gasteiger partial charge in [0.05, 0.1) is 11.5 Å². The average Bonchev–Trinajstić information content (AvgIpc) is 3.13. The SMILES string of the molecule is COCc1c(C(=O)N[C@@H]2C=C[C@H](CO)C2)sc2cccc(F)c12. The number of rotatable bonds is 5. The lowest BCUT2D eigenvalue weighted by Gasteiger charge is -2.13. The fourth-order valence-electron chi connectivity index (χ4n) is 2.88. The number of amides is 1. The van der Waals surface area contributed by atoms with Crippen LogP contribution in [-0.4, -0.2) is 30.8 Å². The Kier molecular flexibility index (Phi) is 4.75. The van der Waals surface area contributed by atoms with Crippen molar-refractivity contribution in [1.82, 2.24) is 5.32 Å². The van der Waals surface area contributed by atoms with E-state index in [-0.39, 0.29) is 36.9 Å². The summed E-state index contributed by atoms with van der Waals surface area (Å²) in [6.07, 6.45) is 4.48. The van der Waals surface area contributed by atoms with Crippen LogP contribution in [0.4, 0.5) is 4.39 Å². The highest BCUT2D eigenvalue weighted by Crippen LogP contribution is 2.34. The number of aliphatic hydroxyl groups is 1. The van der Waals surface area contributed by atoms with Crippen molar-refractivity contribution in [3.63, 3.8) is 0 Å². The molecular weight excluding hydrogens is 317 g/mol. The number of methoxy groups -OCH3 is 1. The Morgan fingerprint density at radius 3 is 3.00 bits per heavy atom. The highest BCUT2D eigenvalue weighted by molar-refractivity contribution is 7.21. The van der Waals surface area contributed by atoms with E-state index in [4.69, 9.17) is 9.84 Å². The molecule has 122 valence electrons. The fourth-order valence-corrected chi connectivity index (χ4v) is 4.01. The highest BCUT2D eigenvalue weighted by atomic mass is 32.1. The number of carbonyl (C=O) groups is 1. The van der Waals surface area contributed by atoms with Gasteiger partial charge in [0.25, 0.3) is 5.91 Å². The number of ether oxygens (including phenoxy) is 1. The van der Waals surface area contributed by atoms with Crippen LogP contribution >= 0.6 is 11.3 Å². The average molecular weight is 335 g/mol. The molecule has 0 spiro atoms. The van der Waals surface area contributed by atoms with Crippen molar-refractivity contribution in [1.29, 1.82) is 0 Å². The second-order valence-electron chi connectivity index (χ2n) is 5.60. The second kappa shape index (κ2) is 6.78. The summed E-state index contributed by atoms with van der Waals surface area (Å²) in [5.41, 5.74) is 0.587. The Labute approximate surface area is 137 Å². The van der Waals surface area contributed by atoms with E-state index in [1.165, 1.54) is 24.5 Å². The smallest absolute Gasteiger partial charge is 0.262 e. The molecule has 2 aromatic rings. The summed E-state index contributed by atoms with van der Waals surface area (Å²) in [5.74, 6) is -0.490. The summed E-state index contributed by atoms with van der Waals surface area (Å²) in [5, 5.41) is 12.5. The second-order valence-corrected chi connectivity index (χ2v) is 6.65. The zero-order valence-electron chi connectivity index (χ0n) is 12.7. The molecule has 1 amide bonds. The van der Waals surface area contributed by atoms with Crippen molar-refractivity contribution >= 4 is 27.3 Å². The van der Waals surface area contributed by atoms with E-state index >= 15 is 0 Å². The molecule has 23 heavy (non-hydrogen) atoms. The molecule has 2 atom stereocenters. The van der Waals surface area contributed by atoms with E-state index in [0.717, 1.165) is 4.70 Å². The van der Waals surface area contributed by atoms with Crippen LogP contribution in [0.25, 0.3) is 10.1 Å². The molecule has 0 radical (unpaired) electrons. The third kappa shape index (κ3) is 3.15. The molecule has 4 nitrogen and oxygen atoms in total. The van der Waals surface area contributed by atoms with E-state index in [1.54, 1.807) is 12.1 Å². The maximum Gasteiger partial charge on any atom is 0.262 e. The van der Waals surface area contributed by atoms with Gasteiger partial charge in [-0.1, -0.05) is 18.2 Å². The first-order chi connectivity index (χ1) is 11.1. The van der Waals surface area contributed by atoms with Crippen molar-refractivity contribution in [2.75, 3.05) is 13.7 Å². The fraction of sp³-hybridized carbons (Fsp3) is 0.353. The number of hydrogen-bond donors (Lipinski definition) is 2.